The van der Waals surface area contributed by atoms with Crippen molar-refractivity contribution in [3.8, 4) is 0 Å². The zero-order valence-electron chi connectivity index (χ0n) is 18.9. The minimum atomic E-state index is -0.653. The van der Waals surface area contributed by atoms with Gasteiger partial charge >= 0.3 is 0 Å². The standard InChI is InChI=1S/C26H25N3OS2/c1-14-12-17-18(13-15(14)2)28-21-20(27-17)25(5)10-11-26(21,24(25,3)4)22(30)32-23-29-16-8-6-7-9-19(16)31-23/h6-9,12-13H,10-11H2,1-5H3. The third-order valence-electron chi connectivity index (χ3n) is 8.46. The number of fused-ring (bicyclic) bond motifs is 7. The highest BCUT2D eigenvalue weighted by atomic mass is 32.2. The van der Waals surface area contributed by atoms with E-state index in [1.807, 2.05) is 18.2 Å². The molecule has 4 aromatic rings. The number of thiazole rings is 1. The number of hydrogen-bond acceptors (Lipinski definition) is 6. The minimum Gasteiger partial charge on any atom is -0.286 e. The van der Waals surface area contributed by atoms with Gasteiger partial charge in [-0.2, -0.15) is 0 Å². The molecular weight excluding hydrogens is 434 g/mol. The molecule has 2 aliphatic carbocycles. The second kappa shape index (κ2) is 6.39. The number of aryl methyl sites for hydroxylation is 2. The SMILES string of the molecule is Cc1cc2nc3c(nc2cc1C)C1(C(=O)Sc2nc4ccccc4s2)CCC3(C)C1(C)C. The van der Waals surface area contributed by atoms with Crippen molar-refractivity contribution in [3.63, 3.8) is 0 Å². The Morgan fingerprint density at radius 2 is 1.56 bits per heavy atom. The second-order valence-corrected chi connectivity index (χ2v) is 12.3. The molecular formula is C26H25N3OS2. The average molecular weight is 460 g/mol. The normalized spacial score (nSPS) is 25.5. The Bertz CT molecular complexity index is 1420. The molecule has 1 fully saturated rings. The van der Waals surface area contributed by atoms with Crippen LogP contribution in [0.25, 0.3) is 21.3 Å². The highest BCUT2D eigenvalue weighted by Gasteiger charge is 2.73. The Labute approximate surface area is 195 Å². The van der Waals surface area contributed by atoms with E-state index >= 15 is 0 Å². The summed E-state index contributed by atoms with van der Waals surface area (Å²) in [5, 5.41) is 0.154. The van der Waals surface area contributed by atoms with Crippen LogP contribution in [0, 0.1) is 19.3 Å². The Kier molecular flexibility index (Phi) is 4.05. The van der Waals surface area contributed by atoms with E-state index in [1.54, 1.807) is 11.3 Å². The lowest BCUT2D eigenvalue weighted by atomic mass is 9.64. The van der Waals surface area contributed by atoms with Crippen LogP contribution in [0.15, 0.2) is 40.7 Å². The van der Waals surface area contributed by atoms with Gasteiger partial charge in [0.2, 0.25) is 5.12 Å². The molecule has 2 aromatic heterocycles. The molecule has 2 heterocycles. The fraction of sp³-hybridized carbons (Fsp3) is 0.385. The van der Waals surface area contributed by atoms with Gasteiger partial charge in [-0.1, -0.05) is 32.9 Å². The highest BCUT2D eigenvalue weighted by molar-refractivity contribution is 8.15. The maximum Gasteiger partial charge on any atom is 0.208 e. The molecule has 0 N–H and O–H groups in total. The molecule has 32 heavy (non-hydrogen) atoms. The molecule has 0 amide bonds. The Balaban J connectivity index is 1.52. The lowest BCUT2D eigenvalue weighted by molar-refractivity contribution is -0.119. The summed E-state index contributed by atoms with van der Waals surface area (Å²) in [6.07, 6.45) is 1.76. The molecule has 162 valence electrons. The van der Waals surface area contributed by atoms with Crippen LogP contribution in [0.2, 0.25) is 0 Å². The van der Waals surface area contributed by atoms with Crippen molar-refractivity contribution >= 4 is 49.5 Å². The van der Waals surface area contributed by atoms with Crippen LogP contribution in [0.3, 0.4) is 0 Å². The Morgan fingerprint density at radius 3 is 2.25 bits per heavy atom. The summed E-state index contributed by atoms with van der Waals surface area (Å²) in [6.45, 7) is 11.0. The number of carbonyl (C=O) groups is 1. The van der Waals surface area contributed by atoms with Crippen LogP contribution in [0.1, 0.15) is 56.1 Å². The molecule has 6 rings (SSSR count). The lowest BCUT2D eigenvalue weighted by Crippen LogP contribution is -2.44. The molecule has 4 nitrogen and oxygen atoms in total. The number of benzene rings is 2. The average Bonchev–Trinajstić information content (AvgIpc) is 3.29. The topological polar surface area (TPSA) is 55.7 Å². The first-order valence-corrected chi connectivity index (χ1v) is 12.7. The maximum atomic E-state index is 14.1. The number of para-hydroxylation sites is 1. The smallest absolute Gasteiger partial charge is 0.208 e. The van der Waals surface area contributed by atoms with Crippen LogP contribution < -0.4 is 0 Å². The van der Waals surface area contributed by atoms with Gasteiger partial charge in [0.05, 0.1) is 38.1 Å². The first kappa shape index (κ1) is 20.3. The number of hydrogen-bond donors (Lipinski definition) is 0. The van der Waals surface area contributed by atoms with E-state index in [0.29, 0.717) is 0 Å². The highest BCUT2D eigenvalue weighted by Crippen LogP contribution is 2.71. The molecule has 2 aliphatic rings. The van der Waals surface area contributed by atoms with Crippen LogP contribution >= 0.6 is 23.1 Å². The summed E-state index contributed by atoms with van der Waals surface area (Å²) in [5.41, 5.74) is 5.99. The number of carbonyl (C=O) groups excluding carboxylic acids is 1. The van der Waals surface area contributed by atoms with E-state index in [9.17, 15) is 4.79 Å². The van der Waals surface area contributed by atoms with Gasteiger partial charge in [0.25, 0.3) is 0 Å². The molecule has 2 bridgehead atoms. The molecule has 2 aromatic carbocycles. The molecule has 0 saturated heterocycles. The summed E-state index contributed by atoms with van der Waals surface area (Å²) >= 11 is 2.88. The van der Waals surface area contributed by atoms with Gasteiger partial charge in [0.1, 0.15) is 0 Å². The van der Waals surface area contributed by atoms with E-state index in [-0.39, 0.29) is 15.9 Å². The van der Waals surface area contributed by atoms with Gasteiger partial charge in [-0.25, -0.2) is 15.0 Å². The Morgan fingerprint density at radius 1 is 0.906 bits per heavy atom. The summed E-state index contributed by atoms with van der Waals surface area (Å²) in [4.78, 5) is 29.1. The van der Waals surface area contributed by atoms with Crippen LogP contribution in [-0.4, -0.2) is 20.1 Å². The molecule has 0 radical (unpaired) electrons. The molecule has 0 aliphatic heterocycles. The van der Waals surface area contributed by atoms with E-state index in [1.165, 1.54) is 22.9 Å². The minimum absolute atomic E-state index is 0.154. The van der Waals surface area contributed by atoms with Crippen molar-refractivity contribution in [1.29, 1.82) is 0 Å². The molecule has 6 heteroatoms. The summed E-state index contributed by atoms with van der Waals surface area (Å²) in [5.74, 6) is 0. The lowest BCUT2D eigenvalue weighted by Gasteiger charge is -2.39. The predicted molar refractivity (Wildman–Crippen MR) is 132 cm³/mol. The maximum absolute atomic E-state index is 14.1. The van der Waals surface area contributed by atoms with Gasteiger partial charge in [-0.3, -0.25) is 4.79 Å². The quantitative estimate of drug-likeness (QED) is 0.320. The van der Waals surface area contributed by atoms with Gasteiger partial charge in [0, 0.05) is 5.41 Å². The zero-order chi connectivity index (χ0) is 22.5. The second-order valence-electron chi connectivity index (χ2n) is 10.0. The van der Waals surface area contributed by atoms with E-state index in [0.717, 1.165) is 49.8 Å². The number of rotatable bonds is 2. The fourth-order valence-corrected chi connectivity index (χ4v) is 8.16. The van der Waals surface area contributed by atoms with Crippen molar-refractivity contribution in [3.05, 3.63) is 58.9 Å². The summed E-state index contributed by atoms with van der Waals surface area (Å²) in [7, 11) is 0. The monoisotopic (exact) mass is 459 g/mol. The molecule has 2 atom stereocenters. The van der Waals surface area contributed by atoms with Crippen LogP contribution in [0.5, 0.6) is 0 Å². The largest absolute Gasteiger partial charge is 0.286 e. The van der Waals surface area contributed by atoms with Crippen LogP contribution in [-0.2, 0) is 15.6 Å². The number of aromatic nitrogens is 3. The first-order valence-electron chi connectivity index (χ1n) is 11.1. The van der Waals surface area contributed by atoms with Crippen molar-refractivity contribution in [2.75, 3.05) is 0 Å². The van der Waals surface area contributed by atoms with Gasteiger partial charge in [-0.15, -0.1) is 11.3 Å². The number of thioether (sulfide) groups is 1. The van der Waals surface area contributed by atoms with Gasteiger partial charge in [-0.05, 0) is 79.3 Å². The molecule has 1 saturated carbocycles. The van der Waals surface area contributed by atoms with E-state index < -0.39 is 5.41 Å². The van der Waals surface area contributed by atoms with E-state index in [2.05, 4.69) is 52.8 Å². The summed E-state index contributed by atoms with van der Waals surface area (Å²) < 4.78 is 1.92. The Hall–Kier alpha value is -2.31. The summed E-state index contributed by atoms with van der Waals surface area (Å²) in [6, 6.07) is 12.3. The van der Waals surface area contributed by atoms with E-state index in [4.69, 9.17) is 15.0 Å². The third-order valence-corrected chi connectivity index (χ3v) is 10.6. The van der Waals surface area contributed by atoms with Gasteiger partial charge < -0.3 is 0 Å². The van der Waals surface area contributed by atoms with Crippen molar-refractivity contribution in [1.82, 2.24) is 15.0 Å². The number of nitrogens with zero attached hydrogens (tertiary/aromatic N) is 3. The van der Waals surface area contributed by atoms with Crippen LogP contribution in [0.4, 0.5) is 0 Å². The molecule has 2 unspecified atom stereocenters. The first-order chi connectivity index (χ1) is 15.2. The molecule has 0 spiro atoms. The van der Waals surface area contributed by atoms with Crippen molar-refractivity contribution in [2.45, 2.75) is 62.6 Å². The van der Waals surface area contributed by atoms with Gasteiger partial charge in [0.15, 0.2) is 4.34 Å². The van der Waals surface area contributed by atoms with Crippen molar-refractivity contribution < 1.29 is 4.79 Å². The van der Waals surface area contributed by atoms with Crippen molar-refractivity contribution in [2.24, 2.45) is 5.41 Å². The third kappa shape index (κ3) is 2.35. The zero-order valence-corrected chi connectivity index (χ0v) is 20.6. The fourth-order valence-electron chi connectivity index (χ4n) is 5.87. The predicted octanol–water partition coefficient (Wildman–Crippen LogP) is 6.50.